The summed E-state index contributed by atoms with van der Waals surface area (Å²) < 4.78 is 1.74. The zero-order valence-corrected chi connectivity index (χ0v) is 14.7. The number of carbonyl (C=O) groups excluding carboxylic acids is 2. The summed E-state index contributed by atoms with van der Waals surface area (Å²) in [5, 5.41) is 13.8. The summed E-state index contributed by atoms with van der Waals surface area (Å²) in [4.78, 5) is 24.5. The molecule has 2 aromatic heterocycles. The molecule has 7 nitrogen and oxygen atoms in total. The smallest absolute Gasteiger partial charge is 0.237 e. The first-order valence-corrected chi connectivity index (χ1v) is 9.63. The third-order valence-electron chi connectivity index (χ3n) is 3.61. The Kier molecular flexibility index (Phi) is 5.52. The summed E-state index contributed by atoms with van der Waals surface area (Å²) in [5.74, 6) is 0.920. The van der Waals surface area contributed by atoms with E-state index in [1.165, 1.54) is 16.6 Å². The van der Waals surface area contributed by atoms with Crippen molar-refractivity contribution >= 4 is 34.9 Å². The van der Waals surface area contributed by atoms with Crippen LogP contribution in [0.25, 0.3) is 0 Å². The normalized spacial score (nSPS) is 13.8. The molecule has 0 bridgehead atoms. The maximum atomic E-state index is 12.0. The van der Waals surface area contributed by atoms with E-state index in [0.29, 0.717) is 17.6 Å². The molecule has 1 saturated carbocycles. The minimum absolute atomic E-state index is 0.0567. The molecule has 128 valence electrons. The van der Waals surface area contributed by atoms with E-state index in [2.05, 4.69) is 21.6 Å². The van der Waals surface area contributed by atoms with Crippen LogP contribution in [0.4, 0.5) is 0 Å². The molecule has 2 aromatic rings. The highest BCUT2D eigenvalue weighted by atomic mass is 32.2. The fourth-order valence-electron chi connectivity index (χ4n) is 2.32. The van der Waals surface area contributed by atoms with Gasteiger partial charge in [-0.15, -0.1) is 21.5 Å². The van der Waals surface area contributed by atoms with Crippen LogP contribution >= 0.6 is 23.1 Å². The van der Waals surface area contributed by atoms with Gasteiger partial charge in [0.05, 0.1) is 5.75 Å². The predicted molar refractivity (Wildman–Crippen MR) is 92.9 cm³/mol. The lowest BCUT2D eigenvalue weighted by Gasteiger charge is -2.07. The molecule has 2 amide bonds. The quantitative estimate of drug-likeness (QED) is 0.649. The lowest BCUT2D eigenvalue weighted by molar-refractivity contribution is -0.119. The number of nitrogens with zero attached hydrogens (tertiary/aromatic N) is 3. The second-order valence-corrected chi connectivity index (χ2v) is 7.61. The standard InChI is InChI=1S/C15H19N5O2S2/c16-12(21)8-20-14(10-3-4-10)18-19-15(20)24-9-13(22)17-6-5-11-2-1-7-23-11/h1-2,7,10H,3-6,8-9H2,(H2,16,21)(H,17,22). The molecule has 3 rings (SSSR count). The molecule has 0 radical (unpaired) electrons. The largest absolute Gasteiger partial charge is 0.368 e. The van der Waals surface area contributed by atoms with Gasteiger partial charge in [0.25, 0.3) is 0 Å². The van der Waals surface area contributed by atoms with Crippen molar-refractivity contribution in [2.24, 2.45) is 5.73 Å². The average molecular weight is 365 g/mol. The van der Waals surface area contributed by atoms with Gasteiger partial charge in [-0.25, -0.2) is 0 Å². The van der Waals surface area contributed by atoms with Crippen molar-refractivity contribution in [1.82, 2.24) is 20.1 Å². The lowest BCUT2D eigenvalue weighted by Crippen LogP contribution is -2.27. The molecule has 0 unspecified atom stereocenters. The predicted octanol–water partition coefficient (Wildman–Crippen LogP) is 1.15. The Morgan fingerprint density at radius 2 is 2.25 bits per heavy atom. The molecular weight excluding hydrogens is 346 g/mol. The van der Waals surface area contributed by atoms with E-state index in [-0.39, 0.29) is 18.2 Å². The Bertz CT molecular complexity index is 710. The second-order valence-electron chi connectivity index (χ2n) is 5.64. The number of primary amides is 1. The van der Waals surface area contributed by atoms with Crippen molar-refractivity contribution in [1.29, 1.82) is 0 Å². The SMILES string of the molecule is NC(=O)Cn1c(SCC(=O)NCCc2cccs2)nnc1C1CC1. The van der Waals surface area contributed by atoms with E-state index in [4.69, 9.17) is 5.73 Å². The van der Waals surface area contributed by atoms with Crippen LogP contribution in [0.3, 0.4) is 0 Å². The van der Waals surface area contributed by atoms with Gasteiger partial charge in [0.15, 0.2) is 5.16 Å². The second kappa shape index (κ2) is 7.80. The molecular formula is C15H19N5O2S2. The van der Waals surface area contributed by atoms with E-state index in [1.54, 1.807) is 15.9 Å². The third kappa shape index (κ3) is 4.57. The minimum atomic E-state index is -0.432. The molecule has 0 aliphatic heterocycles. The van der Waals surface area contributed by atoms with Crippen LogP contribution in [0, 0.1) is 0 Å². The fraction of sp³-hybridized carbons (Fsp3) is 0.467. The van der Waals surface area contributed by atoms with E-state index >= 15 is 0 Å². The maximum absolute atomic E-state index is 12.0. The average Bonchev–Trinajstić information content (AvgIpc) is 3.10. The molecule has 0 spiro atoms. The Morgan fingerprint density at radius 3 is 2.92 bits per heavy atom. The molecule has 24 heavy (non-hydrogen) atoms. The highest BCUT2D eigenvalue weighted by molar-refractivity contribution is 7.99. The fourth-order valence-corrected chi connectivity index (χ4v) is 3.80. The maximum Gasteiger partial charge on any atom is 0.237 e. The number of aromatic nitrogens is 3. The van der Waals surface area contributed by atoms with Crippen LogP contribution in [0.2, 0.25) is 0 Å². The monoisotopic (exact) mass is 365 g/mol. The molecule has 0 aromatic carbocycles. The third-order valence-corrected chi connectivity index (χ3v) is 5.51. The summed E-state index contributed by atoms with van der Waals surface area (Å²) in [6.45, 7) is 0.669. The van der Waals surface area contributed by atoms with Crippen LogP contribution in [0.15, 0.2) is 22.7 Å². The molecule has 0 saturated heterocycles. The van der Waals surface area contributed by atoms with Gasteiger partial charge >= 0.3 is 0 Å². The number of nitrogens with one attached hydrogen (secondary N) is 1. The van der Waals surface area contributed by atoms with Crippen LogP contribution < -0.4 is 11.1 Å². The van der Waals surface area contributed by atoms with Gasteiger partial charge in [-0.3, -0.25) is 14.2 Å². The first kappa shape index (κ1) is 17.0. The van der Waals surface area contributed by atoms with Crippen LogP contribution in [0.5, 0.6) is 0 Å². The lowest BCUT2D eigenvalue weighted by atomic mass is 10.3. The minimum Gasteiger partial charge on any atom is -0.368 e. The number of rotatable bonds is 9. The molecule has 3 N–H and O–H groups in total. The van der Waals surface area contributed by atoms with Crippen LogP contribution in [-0.4, -0.2) is 38.9 Å². The van der Waals surface area contributed by atoms with E-state index in [9.17, 15) is 9.59 Å². The summed E-state index contributed by atoms with van der Waals surface area (Å²) >= 11 is 2.97. The molecule has 0 atom stereocenters. The summed E-state index contributed by atoms with van der Waals surface area (Å²) in [6.07, 6.45) is 2.95. The van der Waals surface area contributed by atoms with Gasteiger partial charge in [-0.2, -0.15) is 0 Å². The number of thiophene rings is 1. The van der Waals surface area contributed by atoms with Crippen molar-refractivity contribution in [2.45, 2.75) is 36.9 Å². The highest BCUT2D eigenvalue weighted by Gasteiger charge is 2.30. The van der Waals surface area contributed by atoms with E-state index < -0.39 is 5.91 Å². The summed E-state index contributed by atoms with van der Waals surface area (Å²) in [7, 11) is 0. The number of nitrogens with two attached hydrogens (primary N) is 1. The van der Waals surface area contributed by atoms with Crippen molar-refractivity contribution in [3.8, 4) is 0 Å². The van der Waals surface area contributed by atoms with Crippen LogP contribution in [0.1, 0.15) is 29.5 Å². The van der Waals surface area contributed by atoms with Crippen molar-refractivity contribution in [2.75, 3.05) is 12.3 Å². The Labute approximate surface area is 148 Å². The van der Waals surface area contributed by atoms with Crippen molar-refractivity contribution < 1.29 is 9.59 Å². The number of amides is 2. The van der Waals surface area contributed by atoms with Gasteiger partial charge in [-0.1, -0.05) is 17.8 Å². The van der Waals surface area contributed by atoms with Gasteiger partial charge in [0.1, 0.15) is 12.4 Å². The first-order chi connectivity index (χ1) is 11.6. The van der Waals surface area contributed by atoms with E-state index in [1.807, 2.05) is 11.4 Å². The first-order valence-electron chi connectivity index (χ1n) is 7.76. The topological polar surface area (TPSA) is 103 Å². The Morgan fingerprint density at radius 1 is 1.42 bits per heavy atom. The molecule has 2 heterocycles. The number of carbonyl (C=O) groups is 2. The van der Waals surface area contributed by atoms with Crippen molar-refractivity contribution in [3.63, 3.8) is 0 Å². The van der Waals surface area contributed by atoms with Gasteiger partial charge in [-0.05, 0) is 30.7 Å². The highest BCUT2D eigenvalue weighted by Crippen LogP contribution is 2.39. The van der Waals surface area contributed by atoms with Gasteiger partial charge in [0.2, 0.25) is 11.8 Å². The molecule has 1 fully saturated rings. The zero-order valence-electron chi connectivity index (χ0n) is 13.1. The van der Waals surface area contributed by atoms with Crippen molar-refractivity contribution in [3.05, 3.63) is 28.2 Å². The molecule has 1 aliphatic rings. The van der Waals surface area contributed by atoms with E-state index in [0.717, 1.165) is 25.1 Å². The zero-order chi connectivity index (χ0) is 16.9. The number of hydrogen-bond acceptors (Lipinski definition) is 6. The summed E-state index contributed by atoms with van der Waals surface area (Å²) in [5.41, 5.74) is 5.31. The molecule has 1 aliphatic carbocycles. The Hall–Kier alpha value is -1.87. The van der Waals surface area contributed by atoms with Gasteiger partial charge < -0.3 is 11.1 Å². The number of hydrogen-bond donors (Lipinski definition) is 2. The Balaban J connectivity index is 1.50. The summed E-state index contributed by atoms with van der Waals surface area (Å²) in [6, 6.07) is 4.05. The molecule has 9 heteroatoms. The van der Waals surface area contributed by atoms with Gasteiger partial charge in [0, 0.05) is 17.3 Å². The van der Waals surface area contributed by atoms with Crippen LogP contribution in [-0.2, 0) is 22.6 Å². The number of thioether (sulfide) groups is 1.